The molecule has 1 aliphatic carbocycles. The van der Waals surface area contributed by atoms with Crippen LogP contribution in [0.2, 0.25) is 0 Å². The van der Waals surface area contributed by atoms with Crippen molar-refractivity contribution >= 4 is 17.8 Å². The predicted molar refractivity (Wildman–Crippen MR) is 87.7 cm³/mol. The van der Waals surface area contributed by atoms with E-state index in [1.807, 2.05) is 36.8 Å². The van der Waals surface area contributed by atoms with Crippen LogP contribution < -0.4 is 5.32 Å². The standard InChI is InChI=1S/C15H26N4OS/c1-11-12(10-17-18-11)6-5-9-16-15(20)19(2)13-7-4-8-14(13)21-3/h10,13-14H,4-9H2,1-3H3,(H,16,20)(H,17,18)/t13-,14+/m0/s1. The van der Waals surface area contributed by atoms with E-state index >= 15 is 0 Å². The van der Waals surface area contributed by atoms with E-state index in [9.17, 15) is 4.79 Å². The Morgan fingerprint density at radius 3 is 3.05 bits per heavy atom. The topological polar surface area (TPSA) is 61.0 Å². The second-order valence-corrected chi connectivity index (χ2v) is 6.82. The van der Waals surface area contributed by atoms with Crippen LogP contribution in [-0.4, -0.2) is 52.3 Å². The normalized spacial score (nSPS) is 21.5. The highest BCUT2D eigenvalue weighted by molar-refractivity contribution is 7.99. The third-order valence-electron chi connectivity index (χ3n) is 4.37. The van der Waals surface area contributed by atoms with Crippen LogP contribution >= 0.6 is 11.8 Å². The second kappa shape index (κ2) is 7.73. The number of H-pyrrole nitrogens is 1. The molecule has 1 fully saturated rings. The minimum atomic E-state index is 0.0601. The van der Waals surface area contributed by atoms with Crippen molar-refractivity contribution in [3.05, 3.63) is 17.5 Å². The number of aromatic amines is 1. The van der Waals surface area contributed by atoms with E-state index in [0.29, 0.717) is 17.8 Å². The molecule has 0 unspecified atom stereocenters. The number of rotatable bonds is 6. The van der Waals surface area contributed by atoms with Gasteiger partial charge in [-0.25, -0.2) is 4.79 Å². The second-order valence-electron chi connectivity index (χ2n) is 5.74. The lowest BCUT2D eigenvalue weighted by molar-refractivity contribution is 0.192. The van der Waals surface area contributed by atoms with Crippen LogP contribution in [0, 0.1) is 6.92 Å². The van der Waals surface area contributed by atoms with Crippen molar-refractivity contribution in [1.82, 2.24) is 20.4 Å². The van der Waals surface area contributed by atoms with E-state index in [1.165, 1.54) is 18.4 Å². The molecule has 1 heterocycles. The molecule has 2 N–H and O–H groups in total. The average molecular weight is 310 g/mol. The minimum Gasteiger partial charge on any atom is -0.338 e. The summed E-state index contributed by atoms with van der Waals surface area (Å²) in [5.74, 6) is 0. The highest BCUT2D eigenvalue weighted by Gasteiger charge is 2.31. The van der Waals surface area contributed by atoms with Crippen molar-refractivity contribution < 1.29 is 4.79 Å². The van der Waals surface area contributed by atoms with Gasteiger partial charge in [-0.3, -0.25) is 5.10 Å². The zero-order chi connectivity index (χ0) is 15.2. The SMILES string of the molecule is CS[C@@H]1CCC[C@@H]1N(C)C(=O)NCCCc1cn[nH]c1C. The van der Waals surface area contributed by atoms with Crippen LogP contribution in [-0.2, 0) is 6.42 Å². The lowest BCUT2D eigenvalue weighted by Gasteiger charge is -2.29. The molecular formula is C15H26N4OS. The highest BCUT2D eigenvalue weighted by atomic mass is 32.2. The monoisotopic (exact) mass is 310 g/mol. The van der Waals surface area contributed by atoms with Crippen molar-refractivity contribution in [3.8, 4) is 0 Å². The Bertz CT molecular complexity index is 462. The fourth-order valence-corrected chi connectivity index (χ4v) is 4.04. The molecule has 6 heteroatoms. The van der Waals surface area contributed by atoms with Gasteiger partial charge in [-0.15, -0.1) is 0 Å². The van der Waals surface area contributed by atoms with Crippen LogP contribution in [0.3, 0.4) is 0 Å². The van der Waals surface area contributed by atoms with Gasteiger partial charge in [0.05, 0.1) is 6.20 Å². The van der Waals surface area contributed by atoms with Crippen molar-refractivity contribution in [1.29, 1.82) is 0 Å². The molecule has 5 nitrogen and oxygen atoms in total. The number of hydrogen-bond donors (Lipinski definition) is 2. The number of carbonyl (C=O) groups excluding carboxylic acids is 1. The third kappa shape index (κ3) is 4.15. The lowest BCUT2D eigenvalue weighted by atomic mass is 10.1. The Morgan fingerprint density at radius 1 is 1.57 bits per heavy atom. The summed E-state index contributed by atoms with van der Waals surface area (Å²) >= 11 is 1.88. The fraction of sp³-hybridized carbons (Fsp3) is 0.733. The van der Waals surface area contributed by atoms with E-state index in [2.05, 4.69) is 21.8 Å². The lowest BCUT2D eigenvalue weighted by Crippen LogP contribution is -2.46. The zero-order valence-electron chi connectivity index (χ0n) is 13.2. The number of nitrogens with one attached hydrogen (secondary N) is 2. The van der Waals surface area contributed by atoms with Crippen molar-refractivity contribution in [2.45, 2.75) is 50.3 Å². The molecule has 1 aliphatic rings. The first-order valence-corrected chi connectivity index (χ1v) is 8.94. The van der Waals surface area contributed by atoms with Gasteiger partial charge in [-0.05, 0) is 44.4 Å². The molecule has 2 atom stereocenters. The molecule has 1 aromatic rings. The number of aromatic nitrogens is 2. The fourth-order valence-electron chi connectivity index (χ4n) is 3.00. The molecule has 0 aromatic carbocycles. The molecule has 1 aromatic heterocycles. The summed E-state index contributed by atoms with van der Waals surface area (Å²) in [5, 5.41) is 10.6. The number of aryl methyl sites for hydroxylation is 2. The molecule has 0 aliphatic heterocycles. The number of thioether (sulfide) groups is 1. The number of hydrogen-bond acceptors (Lipinski definition) is 3. The van der Waals surface area contributed by atoms with Gasteiger partial charge in [0, 0.05) is 30.6 Å². The van der Waals surface area contributed by atoms with Crippen molar-refractivity contribution in [2.24, 2.45) is 0 Å². The average Bonchev–Trinajstić information content (AvgIpc) is 3.11. The van der Waals surface area contributed by atoms with Gasteiger partial charge in [0.1, 0.15) is 0 Å². The number of carbonyl (C=O) groups is 1. The van der Waals surface area contributed by atoms with E-state index in [4.69, 9.17) is 0 Å². The van der Waals surface area contributed by atoms with Gasteiger partial charge >= 0.3 is 6.03 Å². The van der Waals surface area contributed by atoms with Gasteiger partial charge in [-0.2, -0.15) is 16.9 Å². The van der Waals surface area contributed by atoms with E-state index in [0.717, 1.165) is 25.0 Å². The van der Waals surface area contributed by atoms with Crippen LogP contribution in [0.4, 0.5) is 4.79 Å². The zero-order valence-corrected chi connectivity index (χ0v) is 14.0. The Kier molecular flexibility index (Phi) is 5.96. The summed E-state index contributed by atoms with van der Waals surface area (Å²) in [6.45, 7) is 2.74. The maximum Gasteiger partial charge on any atom is 0.317 e. The Hall–Kier alpha value is -1.17. The number of nitrogens with zero attached hydrogens (tertiary/aromatic N) is 2. The first kappa shape index (κ1) is 16.2. The van der Waals surface area contributed by atoms with Gasteiger partial charge in [0.15, 0.2) is 0 Å². The molecule has 0 radical (unpaired) electrons. The summed E-state index contributed by atoms with van der Waals surface area (Å²) in [6.07, 6.45) is 9.48. The highest BCUT2D eigenvalue weighted by Crippen LogP contribution is 2.31. The Balaban J connectivity index is 1.70. The molecule has 0 spiro atoms. The molecule has 1 saturated carbocycles. The van der Waals surface area contributed by atoms with Crippen LogP contribution in [0.15, 0.2) is 6.20 Å². The van der Waals surface area contributed by atoms with E-state index in [1.54, 1.807) is 0 Å². The van der Waals surface area contributed by atoms with Crippen LogP contribution in [0.1, 0.15) is 36.9 Å². The number of urea groups is 1. The van der Waals surface area contributed by atoms with Crippen LogP contribution in [0.25, 0.3) is 0 Å². The number of amides is 2. The Morgan fingerprint density at radius 2 is 2.38 bits per heavy atom. The first-order chi connectivity index (χ1) is 10.1. The van der Waals surface area contributed by atoms with Crippen LogP contribution in [0.5, 0.6) is 0 Å². The van der Waals surface area contributed by atoms with Gasteiger partial charge in [-0.1, -0.05) is 6.42 Å². The molecule has 118 valence electrons. The summed E-state index contributed by atoms with van der Waals surface area (Å²) in [6, 6.07) is 0.445. The largest absolute Gasteiger partial charge is 0.338 e. The summed E-state index contributed by atoms with van der Waals surface area (Å²) in [4.78, 5) is 14.1. The molecule has 0 bridgehead atoms. The smallest absolute Gasteiger partial charge is 0.317 e. The summed E-state index contributed by atoms with van der Waals surface area (Å²) in [5.41, 5.74) is 2.35. The Labute approximate surface area is 131 Å². The van der Waals surface area contributed by atoms with Gasteiger partial charge < -0.3 is 10.2 Å². The molecule has 2 rings (SSSR count). The minimum absolute atomic E-state index is 0.0601. The van der Waals surface area contributed by atoms with E-state index < -0.39 is 0 Å². The summed E-state index contributed by atoms with van der Waals surface area (Å²) < 4.78 is 0. The molecule has 21 heavy (non-hydrogen) atoms. The molecule has 0 saturated heterocycles. The van der Waals surface area contributed by atoms with Gasteiger partial charge in [0.25, 0.3) is 0 Å². The molecule has 2 amide bonds. The maximum atomic E-state index is 12.2. The van der Waals surface area contributed by atoms with Gasteiger partial charge in [0.2, 0.25) is 0 Å². The van der Waals surface area contributed by atoms with Crippen molar-refractivity contribution in [2.75, 3.05) is 19.8 Å². The van der Waals surface area contributed by atoms with E-state index in [-0.39, 0.29) is 6.03 Å². The first-order valence-electron chi connectivity index (χ1n) is 7.65. The third-order valence-corrected chi connectivity index (χ3v) is 5.53. The molecular weight excluding hydrogens is 284 g/mol. The maximum absolute atomic E-state index is 12.2. The van der Waals surface area contributed by atoms with Crippen molar-refractivity contribution in [3.63, 3.8) is 0 Å². The predicted octanol–water partition coefficient (Wildman–Crippen LogP) is 2.58. The quantitative estimate of drug-likeness (QED) is 0.794. The summed E-state index contributed by atoms with van der Waals surface area (Å²) in [7, 11) is 1.93.